The Morgan fingerprint density at radius 3 is 2.37 bits per heavy atom. The molecule has 0 spiro atoms. The van der Waals surface area contributed by atoms with E-state index in [4.69, 9.17) is 4.74 Å². The summed E-state index contributed by atoms with van der Waals surface area (Å²) >= 11 is 2.18. The molecule has 4 nitrogen and oxygen atoms in total. The highest BCUT2D eigenvalue weighted by molar-refractivity contribution is 14.1. The molecule has 1 heterocycles. The van der Waals surface area contributed by atoms with Crippen molar-refractivity contribution in [3.8, 4) is 11.5 Å². The number of rotatable bonds is 5. The van der Waals surface area contributed by atoms with Gasteiger partial charge >= 0.3 is 0 Å². The van der Waals surface area contributed by atoms with Gasteiger partial charge in [0.2, 0.25) is 5.91 Å². The van der Waals surface area contributed by atoms with Crippen molar-refractivity contribution in [1.82, 2.24) is 4.98 Å². The molecule has 1 amide bonds. The van der Waals surface area contributed by atoms with E-state index in [1.54, 1.807) is 24.5 Å². The molecule has 0 saturated carbocycles. The Morgan fingerprint density at radius 1 is 1.11 bits per heavy atom. The highest BCUT2D eigenvalue weighted by Crippen LogP contribution is 2.22. The van der Waals surface area contributed by atoms with Gasteiger partial charge in [0.15, 0.2) is 0 Å². The third kappa shape index (κ3) is 4.51. The van der Waals surface area contributed by atoms with Gasteiger partial charge in [-0.15, -0.1) is 0 Å². The van der Waals surface area contributed by atoms with Crippen molar-refractivity contribution < 1.29 is 9.53 Å². The summed E-state index contributed by atoms with van der Waals surface area (Å²) in [6.07, 6.45) is 3.87. The first-order chi connectivity index (χ1) is 9.28. The average molecular weight is 368 g/mol. The van der Waals surface area contributed by atoms with Crippen LogP contribution in [0.4, 0.5) is 5.69 Å². The van der Waals surface area contributed by atoms with Crippen LogP contribution in [-0.2, 0) is 4.79 Å². The molecule has 0 radical (unpaired) electrons. The number of hydrogen-bond donors (Lipinski definition) is 1. The summed E-state index contributed by atoms with van der Waals surface area (Å²) in [5.74, 6) is 1.48. The predicted octanol–water partition coefficient (Wildman–Crippen LogP) is 3.64. The zero-order valence-corrected chi connectivity index (χ0v) is 12.3. The molecule has 0 aliphatic heterocycles. The lowest BCUT2D eigenvalue weighted by molar-refractivity contribution is -0.115. The molecule has 0 bridgehead atoms. The molecule has 0 aliphatic carbocycles. The van der Waals surface area contributed by atoms with Gasteiger partial charge in [-0.05, 0) is 36.4 Å². The minimum absolute atomic E-state index is 0.0252. The molecule has 1 aromatic carbocycles. The fourth-order valence-corrected chi connectivity index (χ4v) is 1.95. The van der Waals surface area contributed by atoms with Crippen molar-refractivity contribution in [2.45, 2.75) is 6.42 Å². The molecule has 0 unspecified atom stereocenters. The van der Waals surface area contributed by atoms with E-state index < -0.39 is 0 Å². The lowest BCUT2D eigenvalue weighted by atomic mass is 10.3. The molecule has 19 heavy (non-hydrogen) atoms. The Morgan fingerprint density at radius 2 is 1.74 bits per heavy atom. The summed E-state index contributed by atoms with van der Waals surface area (Å²) in [6.45, 7) is 0. The zero-order valence-electron chi connectivity index (χ0n) is 10.2. The Balaban J connectivity index is 1.97. The first kappa shape index (κ1) is 13.8. The number of hydrogen-bond acceptors (Lipinski definition) is 3. The number of alkyl halides is 1. The van der Waals surface area contributed by atoms with Crippen LogP contribution in [0.5, 0.6) is 11.5 Å². The molecule has 0 aliphatic rings. The second kappa shape index (κ2) is 7.08. The van der Waals surface area contributed by atoms with Crippen LogP contribution in [0.3, 0.4) is 0 Å². The quantitative estimate of drug-likeness (QED) is 0.648. The van der Waals surface area contributed by atoms with Gasteiger partial charge in [0, 0.05) is 28.9 Å². The second-order valence-corrected chi connectivity index (χ2v) is 4.88. The zero-order chi connectivity index (χ0) is 13.5. The van der Waals surface area contributed by atoms with E-state index in [1.165, 1.54) is 0 Å². The Kier molecular flexibility index (Phi) is 5.14. The smallest absolute Gasteiger partial charge is 0.225 e. The number of ether oxygens (including phenoxy) is 1. The number of halogens is 1. The summed E-state index contributed by atoms with van der Waals surface area (Å²) in [5, 5.41) is 2.82. The number of carbonyl (C=O) groups is 1. The minimum atomic E-state index is 0.0252. The van der Waals surface area contributed by atoms with Crippen molar-refractivity contribution in [3.05, 3.63) is 48.8 Å². The monoisotopic (exact) mass is 368 g/mol. The fourth-order valence-electron chi connectivity index (χ4n) is 1.46. The highest BCUT2D eigenvalue weighted by Gasteiger charge is 2.01. The molecule has 0 atom stereocenters. The Labute approximate surface area is 125 Å². The first-order valence-electron chi connectivity index (χ1n) is 5.81. The van der Waals surface area contributed by atoms with Crippen LogP contribution in [0.1, 0.15) is 6.42 Å². The summed E-state index contributed by atoms with van der Waals surface area (Å²) in [6, 6.07) is 10.9. The van der Waals surface area contributed by atoms with E-state index in [0.29, 0.717) is 6.42 Å². The predicted molar refractivity (Wildman–Crippen MR) is 82.9 cm³/mol. The molecule has 1 N–H and O–H groups in total. The van der Waals surface area contributed by atoms with Gasteiger partial charge < -0.3 is 10.1 Å². The number of aromatic nitrogens is 1. The third-order valence-electron chi connectivity index (χ3n) is 2.35. The first-order valence-corrected chi connectivity index (χ1v) is 7.34. The molecule has 98 valence electrons. The van der Waals surface area contributed by atoms with Crippen LogP contribution in [0, 0.1) is 0 Å². The standard InChI is InChI=1S/C14H13IN2O2/c15-8-5-14(18)17-11-1-3-12(4-2-11)19-13-6-9-16-10-7-13/h1-4,6-7,9-10H,5,8H2,(H,17,18). The van der Waals surface area contributed by atoms with Crippen LogP contribution < -0.4 is 10.1 Å². The van der Waals surface area contributed by atoms with E-state index in [1.807, 2.05) is 24.3 Å². The number of anilines is 1. The van der Waals surface area contributed by atoms with E-state index in [9.17, 15) is 4.79 Å². The lowest BCUT2D eigenvalue weighted by Crippen LogP contribution is -2.11. The number of benzene rings is 1. The van der Waals surface area contributed by atoms with Gasteiger partial charge in [-0.3, -0.25) is 9.78 Å². The number of carbonyl (C=O) groups excluding carboxylic acids is 1. The molecule has 2 rings (SSSR count). The average Bonchev–Trinajstić information content (AvgIpc) is 2.42. The van der Waals surface area contributed by atoms with Gasteiger partial charge in [0.05, 0.1) is 0 Å². The van der Waals surface area contributed by atoms with E-state index in [-0.39, 0.29) is 5.91 Å². The molecule has 0 saturated heterocycles. The topological polar surface area (TPSA) is 51.2 Å². The van der Waals surface area contributed by atoms with E-state index >= 15 is 0 Å². The third-order valence-corrected chi connectivity index (χ3v) is 2.88. The highest BCUT2D eigenvalue weighted by atomic mass is 127. The van der Waals surface area contributed by atoms with Crippen molar-refractivity contribution in [2.24, 2.45) is 0 Å². The normalized spacial score (nSPS) is 9.95. The summed E-state index contributed by atoms with van der Waals surface area (Å²) in [7, 11) is 0. The lowest BCUT2D eigenvalue weighted by Gasteiger charge is -2.07. The van der Waals surface area contributed by atoms with E-state index in [2.05, 4.69) is 32.9 Å². The molecule has 5 heteroatoms. The number of amides is 1. The summed E-state index contributed by atoms with van der Waals surface area (Å²) in [4.78, 5) is 15.4. The van der Waals surface area contributed by atoms with Crippen molar-refractivity contribution in [1.29, 1.82) is 0 Å². The largest absolute Gasteiger partial charge is 0.457 e. The van der Waals surface area contributed by atoms with Crippen LogP contribution in [0.25, 0.3) is 0 Å². The second-order valence-electron chi connectivity index (χ2n) is 3.80. The maximum atomic E-state index is 11.4. The molecule has 0 fully saturated rings. The summed E-state index contributed by atoms with van der Waals surface area (Å²) < 4.78 is 6.44. The van der Waals surface area contributed by atoms with Gasteiger partial charge in [-0.2, -0.15) is 0 Å². The van der Waals surface area contributed by atoms with Crippen LogP contribution in [0.15, 0.2) is 48.8 Å². The van der Waals surface area contributed by atoms with Crippen LogP contribution in [0.2, 0.25) is 0 Å². The van der Waals surface area contributed by atoms with Crippen molar-refractivity contribution >= 4 is 34.2 Å². The van der Waals surface area contributed by atoms with Crippen molar-refractivity contribution in [2.75, 3.05) is 9.74 Å². The maximum absolute atomic E-state index is 11.4. The van der Waals surface area contributed by atoms with Gasteiger partial charge in [-0.25, -0.2) is 0 Å². The number of nitrogens with zero attached hydrogens (tertiary/aromatic N) is 1. The maximum Gasteiger partial charge on any atom is 0.225 e. The van der Waals surface area contributed by atoms with Crippen LogP contribution in [-0.4, -0.2) is 15.3 Å². The Bertz CT molecular complexity index is 529. The Hall–Kier alpha value is -1.63. The fraction of sp³-hybridized carbons (Fsp3) is 0.143. The van der Waals surface area contributed by atoms with E-state index in [0.717, 1.165) is 21.6 Å². The van der Waals surface area contributed by atoms with Gasteiger partial charge in [0.25, 0.3) is 0 Å². The van der Waals surface area contributed by atoms with Gasteiger partial charge in [-0.1, -0.05) is 22.6 Å². The SMILES string of the molecule is O=C(CCI)Nc1ccc(Oc2ccncc2)cc1. The molecular weight excluding hydrogens is 355 g/mol. The van der Waals surface area contributed by atoms with Gasteiger partial charge in [0.1, 0.15) is 11.5 Å². The number of pyridine rings is 1. The van der Waals surface area contributed by atoms with Crippen molar-refractivity contribution in [3.63, 3.8) is 0 Å². The summed E-state index contributed by atoms with van der Waals surface area (Å²) in [5.41, 5.74) is 0.775. The molecular formula is C14H13IN2O2. The number of nitrogens with one attached hydrogen (secondary N) is 1. The van der Waals surface area contributed by atoms with Crippen LogP contribution >= 0.6 is 22.6 Å². The molecule has 1 aromatic heterocycles. The molecule has 2 aromatic rings. The minimum Gasteiger partial charge on any atom is -0.457 e.